The number of aromatic nitrogens is 1. The highest BCUT2D eigenvalue weighted by atomic mass is 16.1. The van der Waals surface area contributed by atoms with E-state index in [1.165, 1.54) is 0 Å². The molecule has 2 aromatic carbocycles. The monoisotopic (exact) mass is 384 g/mol. The molecule has 0 saturated carbocycles. The Morgan fingerprint density at radius 1 is 1.14 bits per heavy atom. The molecule has 29 heavy (non-hydrogen) atoms. The van der Waals surface area contributed by atoms with Crippen LogP contribution in [0, 0.1) is 31.1 Å². The van der Waals surface area contributed by atoms with E-state index in [0.717, 1.165) is 59.3 Å². The molecule has 1 saturated heterocycles. The Hall–Kier alpha value is -3.39. The van der Waals surface area contributed by atoms with Crippen LogP contribution in [0.25, 0.3) is 10.9 Å². The summed E-state index contributed by atoms with van der Waals surface area (Å²) in [6.07, 6.45) is 3.17. The molecule has 1 fully saturated rings. The van der Waals surface area contributed by atoms with E-state index in [4.69, 9.17) is 0 Å². The lowest BCUT2D eigenvalue weighted by Gasteiger charge is -2.34. The molecule has 1 aliphatic rings. The van der Waals surface area contributed by atoms with Crippen molar-refractivity contribution < 1.29 is 4.79 Å². The van der Waals surface area contributed by atoms with Crippen LogP contribution in [-0.4, -0.2) is 24.0 Å². The minimum atomic E-state index is -0.0225. The summed E-state index contributed by atoms with van der Waals surface area (Å²) >= 11 is 0. The van der Waals surface area contributed by atoms with Crippen molar-refractivity contribution in [2.75, 3.05) is 23.3 Å². The van der Waals surface area contributed by atoms with Gasteiger partial charge in [0.1, 0.15) is 6.07 Å². The number of aryl methyl sites for hydroxylation is 2. The molecule has 4 rings (SSSR count). The second-order valence-electron chi connectivity index (χ2n) is 7.78. The Morgan fingerprint density at radius 3 is 2.52 bits per heavy atom. The number of piperidine rings is 1. The van der Waals surface area contributed by atoms with Gasteiger partial charge in [0.05, 0.1) is 16.8 Å². The van der Waals surface area contributed by atoms with Gasteiger partial charge in [-0.3, -0.25) is 9.78 Å². The lowest BCUT2D eigenvalue weighted by molar-refractivity contribution is -0.120. The van der Waals surface area contributed by atoms with Crippen molar-refractivity contribution in [2.24, 2.45) is 5.92 Å². The normalized spacial score (nSPS) is 14.6. The molecule has 3 aromatic rings. The van der Waals surface area contributed by atoms with Gasteiger partial charge in [0, 0.05) is 36.3 Å². The summed E-state index contributed by atoms with van der Waals surface area (Å²) < 4.78 is 0. The minimum absolute atomic E-state index is 0.0225. The van der Waals surface area contributed by atoms with Gasteiger partial charge in [-0.15, -0.1) is 0 Å². The zero-order valence-electron chi connectivity index (χ0n) is 16.8. The standard InChI is InChI=1S/C24H24N4O/c1-16-11-17(2)13-20(12-16)27-24(29)18-7-9-28(10-8-18)23-19(14-25)15-26-22-6-4-3-5-21(22)23/h3-6,11-13,15,18H,7-10H2,1-2H3,(H,27,29). The number of carbonyl (C=O) groups excluding carboxylic acids is 1. The van der Waals surface area contributed by atoms with Gasteiger partial charge in [0.15, 0.2) is 0 Å². The summed E-state index contributed by atoms with van der Waals surface area (Å²) in [5.74, 6) is 0.0560. The second kappa shape index (κ2) is 7.92. The zero-order valence-corrected chi connectivity index (χ0v) is 16.8. The first-order chi connectivity index (χ1) is 14.0. The maximum atomic E-state index is 12.8. The van der Waals surface area contributed by atoms with Crippen LogP contribution in [0.1, 0.15) is 29.5 Å². The number of para-hydroxylation sites is 1. The highest BCUT2D eigenvalue weighted by Crippen LogP contribution is 2.32. The van der Waals surface area contributed by atoms with Gasteiger partial charge >= 0.3 is 0 Å². The highest BCUT2D eigenvalue weighted by molar-refractivity contribution is 5.95. The largest absolute Gasteiger partial charge is 0.370 e. The van der Waals surface area contributed by atoms with Crippen LogP contribution in [0.5, 0.6) is 0 Å². The molecule has 0 radical (unpaired) electrons. The fourth-order valence-corrected chi connectivity index (χ4v) is 4.21. The maximum absolute atomic E-state index is 12.8. The summed E-state index contributed by atoms with van der Waals surface area (Å²) in [7, 11) is 0. The number of anilines is 2. The van der Waals surface area contributed by atoms with Crippen molar-refractivity contribution in [1.29, 1.82) is 5.26 Å². The molecular weight excluding hydrogens is 360 g/mol. The Morgan fingerprint density at radius 2 is 1.83 bits per heavy atom. The number of nitrogens with one attached hydrogen (secondary N) is 1. The highest BCUT2D eigenvalue weighted by Gasteiger charge is 2.27. The van der Waals surface area contributed by atoms with Crippen LogP contribution < -0.4 is 10.2 Å². The van der Waals surface area contributed by atoms with E-state index in [-0.39, 0.29) is 11.8 Å². The number of benzene rings is 2. The van der Waals surface area contributed by atoms with Gasteiger partial charge in [0.2, 0.25) is 5.91 Å². The first-order valence-corrected chi connectivity index (χ1v) is 9.97. The van der Waals surface area contributed by atoms with Crippen molar-refractivity contribution in [3.8, 4) is 6.07 Å². The van der Waals surface area contributed by atoms with Gasteiger partial charge in [0.25, 0.3) is 0 Å². The number of fused-ring (bicyclic) bond motifs is 1. The topological polar surface area (TPSA) is 69.0 Å². The molecular formula is C24H24N4O. The van der Waals surface area contributed by atoms with Crippen molar-refractivity contribution in [2.45, 2.75) is 26.7 Å². The number of hydrogen-bond acceptors (Lipinski definition) is 4. The molecule has 0 unspecified atom stereocenters. The Balaban J connectivity index is 1.49. The van der Waals surface area contributed by atoms with Gasteiger partial charge in [-0.05, 0) is 56.0 Å². The third kappa shape index (κ3) is 3.93. The number of carbonyl (C=O) groups is 1. The Bertz CT molecular complexity index is 1090. The first-order valence-electron chi connectivity index (χ1n) is 9.97. The SMILES string of the molecule is Cc1cc(C)cc(NC(=O)C2CCN(c3c(C#N)cnc4ccccc34)CC2)c1. The van der Waals surface area contributed by atoms with Gasteiger partial charge in [-0.25, -0.2) is 0 Å². The van der Waals surface area contributed by atoms with Crippen molar-refractivity contribution >= 4 is 28.2 Å². The quantitative estimate of drug-likeness (QED) is 0.718. The van der Waals surface area contributed by atoms with E-state index >= 15 is 0 Å². The van der Waals surface area contributed by atoms with Crippen molar-refractivity contribution in [3.05, 3.63) is 65.4 Å². The summed E-state index contributed by atoms with van der Waals surface area (Å²) in [6.45, 7) is 5.56. The molecule has 5 nitrogen and oxygen atoms in total. The Kier molecular flexibility index (Phi) is 5.18. The van der Waals surface area contributed by atoms with Gasteiger partial charge in [-0.1, -0.05) is 24.3 Å². The number of rotatable bonds is 3. The first kappa shape index (κ1) is 18.9. The summed E-state index contributed by atoms with van der Waals surface area (Å²) in [5.41, 5.74) is 5.55. The average Bonchev–Trinajstić information content (AvgIpc) is 2.72. The van der Waals surface area contributed by atoms with Crippen LogP contribution >= 0.6 is 0 Å². The predicted octanol–water partition coefficient (Wildman–Crippen LogP) is 4.58. The predicted molar refractivity (Wildman–Crippen MR) is 116 cm³/mol. The molecule has 0 atom stereocenters. The number of amides is 1. The third-order valence-corrected chi connectivity index (χ3v) is 5.54. The molecule has 1 N–H and O–H groups in total. The van der Waals surface area contributed by atoms with E-state index in [9.17, 15) is 10.1 Å². The molecule has 0 bridgehead atoms. The Labute approximate surface area is 171 Å². The molecule has 1 aliphatic heterocycles. The lowest BCUT2D eigenvalue weighted by atomic mass is 9.94. The minimum Gasteiger partial charge on any atom is -0.370 e. The number of hydrogen-bond donors (Lipinski definition) is 1. The average molecular weight is 384 g/mol. The summed E-state index contributed by atoms with van der Waals surface area (Å²) in [5, 5.41) is 13.6. The second-order valence-corrected chi connectivity index (χ2v) is 7.78. The molecule has 5 heteroatoms. The van der Waals surface area contributed by atoms with Crippen LogP contribution in [-0.2, 0) is 4.79 Å². The molecule has 0 spiro atoms. The van der Waals surface area contributed by atoms with E-state index < -0.39 is 0 Å². The molecule has 0 aliphatic carbocycles. The van der Waals surface area contributed by atoms with E-state index in [1.54, 1.807) is 6.20 Å². The van der Waals surface area contributed by atoms with E-state index in [0.29, 0.717) is 5.56 Å². The van der Waals surface area contributed by atoms with E-state index in [1.807, 2.05) is 50.2 Å². The molecule has 1 aromatic heterocycles. The van der Waals surface area contributed by atoms with E-state index in [2.05, 4.69) is 27.3 Å². The third-order valence-electron chi connectivity index (χ3n) is 5.54. The van der Waals surface area contributed by atoms with Crippen molar-refractivity contribution in [1.82, 2.24) is 4.98 Å². The van der Waals surface area contributed by atoms with Gasteiger partial charge in [-0.2, -0.15) is 5.26 Å². The molecule has 2 heterocycles. The van der Waals surface area contributed by atoms with Crippen molar-refractivity contribution in [3.63, 3.8) is 0 Å². The number of nitriles is 1. The zero-order chi connectivity index (χ0) is 20.4. The molecule has 146 valence electrons. The lowest BCUT2D eigenvalue weighted by Crippen LogP contribution is -2.38. The number of pyridine rings is 1. The fourth-order valence-electron chi connectivity index (χ4n) is 4.21. The maximum Gasteiger partial charge on any atom is 0.227 e. The molecule has 1 amide bonds. The van der Waals surface area contributed by atoms with Crippen LogP contribution in [0.2, 0.25) is 0 Å². The number of nitrogens with zero attached hydrogens (tertiary/aromatic N) is 3. The fraction of sp³-hybridized carbons (Fsp3) is 0.292. The summed E-state index contributed by atoms with van der Waals surface area (Å²) in [6, 6.07) is 16.3. The van der Waals surface area contributed by atoms with Crippen LogP contribution in [0.4, 0.5) is 11.4 Å². The van der Waals surface area contributed by atoms with Gasteiger partial charge < -0.3 is 10.2 Å². The summed E-state index contributed by atoms with van der Waals surface area (Å²) in [4.78, 5) is 19.4. The van der Waals surface area contributed by atoms with Crippen LogP contribution in [0.15, 0.2) is 48.7 Å². The smallest absolute Gasteiger partial charge is 0.227 e. The van der Waals surface area contributed by atoms with Crippen LogP contribution in [0.3, 0.4) is 0 Å².